The van der Waals surface area contributed by atoms with E-state index < -0.39 is 0 Å². The van der Waals surface area contributed by atoms with E-state index in [0.29, 0.717) is 33.1 Å². The molecule has 0 radical (unpaired) electrons. The van der Waals surface area contributed by atoms with Gasteiger partial charge in [0.05, 0.1) is 22.0 Å². The van der Waals surface area contributed by atoms with Crippen molar-refractivity contribution in [2.24, 2.45) is 0 Å². The summed E-state index contributed by atoms with van der Waals surface area (Å²) in [5.41, 5.74) is 6.65. The van der Waals surface area contributed by atoms with Gasteiger partial charge in [0.15, 0.2) is 0 Å². The van der Waals surface area contributed by atoms with Gasteiger partial charge in [-0.15, -0.1) is 6.42 Å². The highest BCUT2D eigenvalue weighted by atomic mass is 35.5. The van der Waals surface area contributed by atoms with Crippen LogP contribution in [0.4, 0.5) is 11.6 Å². The van der Waals surface area contributed by atoms with E-state index in [-0.39, 0.29) is 23.5 Å². The van der Waals surface area contributed by atoms with Gasteiger partial charge < -0.3 is 11.1 Å². The van der Waals surface area contributed by atoms with Gasteiger partial charge in [0, 0.05) is 6.04 Å². The van der Waals surface area contributed by atoms with E-state index in [1.165, 1.54) is 6.33 Å². The molecule has 0 unspecified atom stereocenters. The van der Waals surface area contributed by atoms with Crippen molar-refractivity contribution in [3.8, 4) is 12.3 Å². The van der Waals surface area contributed by atoms with Crippen LogP contribution in [-0.2, 0) is 0 Å². The molecule has 1 atom stereocenters. The molecule has 3 N–H and O–H groups in total. The summed E-state index contributed by atoms with van der Waals surface area (Å²) in [4.78, 5) is 25.9. The minimum Gasteiger partial charge on any atom is -0.382 e. The predicted molar refractivity (Wildman–Crippen MR) is 106 cm³/mol. The molecule has 1 saturated carbocycles. The van der Waals surface area contributed by atoms with Crippen molar-refractivity contribution >= 4 is 34.1 Å². The summed E-state index contributed by atoms with van der Waals surface area (Å²) < 4.78 is 1.73. The van der Waals surface area contributed by atoms with E-state index in [1.54, 1.807) is 22.8 Å². The summed E-state index contributed by atoms with van der Waals surface area (Å²) in [5, 5.41) is 4.07. The van der Waals surface area contributed by atoms with Crippen molar-refractivity contribution in [2.75, 3.05) is 11.1 Å². The second kappa shape index (κ2) is 6.56. The highest BCUT2D eigenvalue weighted by Crippen LogP contribution is 2.37. The molecule has 7 nitrogen and oxygen atoms in total. The Balaban J connectivity index is 1.84. The van der Waals surface area contributed by atoms with E-state index in [9.17, 15) is 4.79 Å². The minimum atomic E-state index is -0.330. The van der Waals surface area contributed by atoms with E-state index >= 15 is 0 Å². The van der Waals surface area contributed by atoms with Crippen LogP contribution in [0.25, 0.3) is 10.9 Å². The van der Waals surface area contributed by atoms with Crippen LogP contribution >= 0.6 is 11.6 Å². The number of nitrogen functional groups attached to an aromatic ring is 1. The zero-order valence-electron chi connectivity index (χ0n) is 14.6. The zero-order valence-corrected chi connectivity index (χ0v) is 15.4. The quantitative estimate of drug-likeness (QED) is 0.675. The number of nitrogens with one attached hydrogen (secondary N) is 1. The fraction of sp³-hybridized carbons (Fsp3) is 0.263. The van der Waals surface area contributed by atoms with Gasteiger partial charge in [0.2, 0.25) is 0 Å². The number of terminal acetylenes is 1. The van der Waals surface area contributed by atoms with Crippen molar-refractivity contribution < 1.29 is 0 Å². The molecule has 0 spiro atoms. The molecule has 27 heavy (non-hydrogen) atoms. The third-order valence-electron chi connectivity index (χ3n) is 4.58. The van der Waals surface area contributed by atoms with Crippen LogP contribution in [0.3, 0.4) is 0 Å². The van der Waals surface area contributed by atoms with E-state index in [1.807, 2.05) is 6.92 Å². The van der Waals surface area contributed by atoms with E-state index in [2.05, 4.69) is 21.2 Å². The first-order valence-corrected chi connectivity index (χ1v) is 8.93. The molecule has 3 aromatic rings. The smallest absolute Gasteiger partial charge is 0.263 e. The number of nitrogens with two attached hydrogens (primary N) is 1. The second-order valence-electron chi connectivity index (χ2n) is 6.50. The number of benzene rings is 1. The summed E-state index contributed by atoms with van der Waals surface area (Å²) >= 11 is 6.26. The molecule has 1 aliphatic carbocycles. The van der Waals surface area contributed by atoms with Gasteiger partial charge in [-0.2, -0.15) is 0 Å². The largest absolute Gasteiger partial charge is 0.382 e. The average Bonchev–Trinajstić information content (AvgIpc) is 3.46. The maximum Gasteiger partial charge on any atom is 0.263 e. The first kappa shape index (κ1) is 17.3. The van der Waals surface area contributed by atoms with Crippen molar-refractivity contribution in [3.05, 3.63) is 51.3 Å². The Hall–Kier alpha value is -3.11. The van der Waals surface area contributed by atoms with Crippen molar-refractivity contribution in [3.63, 3.8) is 0 Å². The Labute approximate surface area is 160 Å². The standard InChI is InChI=1S/C19H17ClN6O/c1-3-12-16(21)22-9-23-17(12)24-10(2)18-25-14-6-4-5-13(20)15(14)19(27)26(18)11-7-8-11/h1,4-6,9-11H,7-8H2,2H3,(H3,21,22,23,24)/t10-/m0/s1. The Morgan fingerprint density at radius 2 is 2.19 bits per heavy atom. The molecule has 136 valence electrons. The lowest BCUT2D eigenvalue weighted by Gasteiger charge is -2.20. The summed E-state index contributed by atoms with van der Waals surface area (Å²) in [6.07, 6.45) is 8.75. The lowest BCUT2D eigenvalue weighted by atomic mass is 10.2. The van der Waals surface area contributed by atoms with Gasteiger partial charge in [-0.05, 0) is 31.9 Å². The van der Waals surface area contributed by atoms with Gasteiger partial charge in [0.25, 0.3) is 5.56 Å². The zero-order chi connectivity index (χ0) is 19.1. The fourth-order valence-corrected chi connectivity index (χ4v) is 3.38. The predicted octanol–water partition coefficient (Wildman–Crippen LogP) is 2.91. The molecule has 0 aliphatic heterocycles. The third kappa shape index (κ3) is 2.98. The van der Waals surface area contributed by atoms with Gasteiger partial charge >= 0.3 is 0 Å². The topological polar surface area (TPSA) is 98.7 Å². The van der Waals surface area contributed by atoms with E-state index in [0.717, 1.165) is 12.8 Å². The van der Waals surface area contributed by atoms with Crippen LogP contribution in [0.15, 0.2) is 29.3 Å². The molecule has 1 fully saturated rings. The monoisotopic (exact) mass is 380 g/mol. The van der Waals surface area contributed by atoms with Crippen molar-refractivity contribution in [1.82, 2.24) is 19.5 Å². The van der Waals surface area contributed by atoms with Crippen LogP contribution in [0.1, 0.15) is 43.2 Å². The van der Waals surface area contributed by atoms with Crippen molar-refractivity contribution in [2.45, 2.75) is 31.8 Å². The first-order chi connectivity index (χ1) is 13.0. The lowest BCUT2D eigenvalue weighted by Crippen LogP contribution is -2.28. The molecule has 2 aromatic heterocycles. The highest BCUT2D eigenvalue weighted by Gasteiger charge is 2.30. The van der Waals surface area contributed by atoms with Gasteiger partial charge in [-0.3, -0.25) is 9.36 Å². The molecular weight excluding hydrogens is 364 g/mol. The summed E-state index contributed by atoms with van der Waals surface area (Å²) in [7, 11) is 0. The third-order valence-corrected chi connectivity index (χ3v) is 4.89. The van der Waals surface area contributed by atoms with Crippen LogP contribution in [0.2, 0.25) is 5.02 Å². The van der Waals surface area contributed by atoms with Crippen LogP contribution in [0.5, 0.6) is 0 Å². The van der Waals surface area contributed by atoms with Gasteiger partial charge in [-0.1, -0.05) is 23.6 Å². The van der Waals surface area contributed by atoms with Gasteiger partial charge in [-0.25, -0.2) is 15.0 Å². The Kier molecular flexibility index (Phi) is 4.21. The number of hydrogen-bond acceptors (Lipinski definition) is 6. The number of anilines is 2. The molecule has 8 heteroatoms. The maximum atomic E-state index is 13.1. The Morgan fingerprint density at radius 1 is 1.41 bits per heavy atom. The first-order valence-electron chi connectivity index (χ1n) is 8.55. The molecule has 0 saturated heterocycles. The number of halogens is 1. The van der Waals surface area contributed by atoms with Crippen LogP contribution < -0.4 is 16.6 Å². The number of nitrogens with zero attached hydrogens (tertiary/aromatic N) is 4. The highest BCUT2D eigenvalue weighted by molar-refractivity contribution is 6.35. The van der Waals surface area contributed by atoms with Gasteiger partial charge in [0.1, 0.15) is 29.4 Å². The molecule has 2 heterocycles. The fourth-order valence-electron chi connectivity index (χ4n) is 3.13. The number of rotatable bonds is 4. The van der Waals surface area contributed by atoms with Crippen LogP contribution in [-0.4, -0.2) is 19.5 Å². The molecular formula is C19H17ClN6O. The summed E-state index contributed by atoms with van der Waals surface area (Å²) in [5.74, 6) is 3.76. The van der Waals surface area contributed by atoms with Crippen LogP contribution in [0, 0.1) is 12.3 Å². The maximum absolute atomic E-state index is 13.1. The Bertz CT molecular complexity index is 1150. The summed E-state index contributed by atoms with van der Waals surface area (Å²) in [6, 6.07) is 5.07. The van der Waals surface area contributed by atoms with E-state index in [4.69, 9.17) is 28.7 Å². The number of fused-ring (bicyclic) bond motifs is 1. The second-order valence-corrected chi connectivity index (χ2v) is 6.91. The number of hydrogen-bond donors (Lipinski definition) is 2. The molecule has 1 aromatic carbocycles. The molecule has 1 aliphatic rings. The molecule has 0 bridgehead atoms. The minimum absolute atomic E-state index is 0.129. The average molecular weight is 381 g/mol. The number of aromatic nitrogens is 4. The van der Waals surface area contributed by atoms with Crippen molar-refractivity contribution in [1.29, 1.82) is 0 Å². The molecule has 4 rings (SSSR count). The Morgan fingerprint density at radius 3 is 2.89 bits per heavy atom. The lowest BCUT2D eigenvalue weighted by molar-refractivity contribution is 0.609. The SMILES string of the molecule is C#Cc1c(N)ncnc1N[C@@H](C)c1nc2cccc(Cl)c2c(=O)n1C1CC1. The summed E-state index contributed by atoms with van der Waals surface area (Å²) in [6.45, 7) is 1.90. The normalized spacial score (nSPS) is 14.7. The molecule has 0 amide bonds.